The van der Waals surface area contributed by atoms with E-state index < -0.39 is 12.1 Å². The molecule has 0 unspecified atom stereocenters. The molecule has 0 saturated carbocycles. The molecule has 1 aromatic carbocycles. The summed E-state index contributed by atoms with van der Waals surface area (Å²) in [4.78, 5) is 21.9. The fraction of sp³-hybridized carbons (Fsp3) is 0.0952. The van der Waals surface area contributed by atoms with Gasteiger partial charge in [-0.25, -0.2) is 4.79 Å². The first-order valence-electron chi connectivity index (χ1n) is 9.26. The summed E-state index contributed by atoms with van der Waals surface area (Å²) in [5.74, 6) is -0.982. The molecule has 0 spiro atoms. The van der Waals surface area contributed by atoms with Crippen LogP contribution in [0, 0.1) is 0 Å². The number of aromatic amines is 1. The Morgan fingerprint density at radius 3 is 2.48 bits per heavy atom. The van der Waals surface area contributed by atoms with Crippen molar-refractivity contribution in [2.75, 3.05) is 12.4 Å². The van der Waals surface area contributed by atoms with Crippen molar-refractivity contribution in [2.24, 2.45) is 0 Å². The molecule has 0 aliphatic rings. The van der Waals surface area contributed by atoms with Crippen LogP contribution in [0.1, 0.15) is 0 Å². The third-order valence-electron chi connectivity index (χ3n) is 4.04. The molecule has 4 rings (SSSR count). The maximum Gasteiger partial charge on any atom is 0.490 e. The van der Waals surface area contributed by atoms with Gasteiger partial charge in [-0.3, -0.25) is 15.1 Å². The zero-order valence-corrected chi connectivity index (χ0v) is 17.0. The molecule has 4 aromatic rings. The SMILES string of the molecule is COc1cncc(-c2ccnc(-c3nc(Nc4ccccc4)n[nH]3)c2)c1.O=C(O)C(F)(F)F. The standard InChI is InChI=1S/C19H16N6O.C2HF3O2/c1-26-16-9-14(11-20-12-16)13-7-8-21-17(10-13)18-23-19(25-24-18)22-15-5-3-2-4-6-15;3-2(4,5)1(6)7/h2-12H,1H3,(H2,22,23,24,25);(H,6,7). The normalized spacial score (nSPS) is 10.7. The minimum absolute atomic E-state index is 0.487. The van der Waals surface area contributed by atoms with Crippen molar-refractivity contribution in [3.05, 3.63) is 67.1 Å². The summed E-state index contributed by atoms with van der Waals surface area (Å²) in [6.45, 7) is 0. The van der Waals surface area contributed by atoms with Crippen LogP contribution >= 0.6 is 0 Å². The highest BCUT2D eigenvalue weighted by molar-refractivity contribution is 5.73. The predicted octanol–water partition coefficient (Wildman–Crippen LogP) is 4.31. The maximum atomic E-state index is 10.6. The molecule has 3 aromatic heterocycles. The van der Waals surface area contributed by atoms with Crippen LogP contribution in [0.3, 0.4) is 0 Å². The Bertz CT molecular complexity index is 1220. The van der Waals surface area contributed by atoms with Gasteiger partial charge in [0.2, 0.25) is 5.95 Å². The molecule has 0 amide bonds. The number of nitrogens with zero attached hydrogens (tertiary/aromatic N) is 4. The number of ether oxygens (including phenoxy) is 1. The Kier molecular flexibility index (Phi) is 7.18. The zero-order chi connectivity index (χ0) is 23.8. The highest BCUT2D eigenvalue weighted by Gasteiger charge is 2.38. The summed E-state index contributed by atoms with van der Waals surface area (Å²) in [5.41, 5.74) is 3.52. The number of carbonyl (C=O) groups is 1. The fourth-order valence-corrected chi connectivity index (χ4v) is 2.51. The molecule has 0 saturated heterocycles. The van der Waals surface area contributed by atoms with E-state index in [1.54, 1.807) is 25.7 Å². The third-order valence-corrected chi connectivity index (χ3v) is 4.04. The second-order valence-electron chi connectivity index (χ2n) is 6.34. The first kappa shape index (κ1) is 23.2. The molecule has 12 heteroatoms. The molecule has 0 aliphatic heterocycles. The summed E-state index contributed by atoms with van der Waals surface area (Å²) >= 11 is 0. The summed E-state index contributed by atoms with van der Waals surface area (Å²) in [6, 6.07) is 15.5. The largest absolute Gasteiger partial charge is 0.495 e. The number of hydrogen-bond donors (Lipinski definition) is 3. The number of rotatable bonds is 5. The van der Waals surface area contributed by atoms with Crippen LogP contribution in [0.25, 0.3) is 22.6 Å². The number of benzene rings is 1. The molecule has 0 bridgehead atoms. The van der Waals surface area contributed by atoms with Crippen molar-refractivity contribution in [3.63, 3.8) is 0 Å². The zero-order valence-electron chi connectivity index (χ0n) is 17.0. The first-order chi connectivity index (χ1) is 15.8. The number of aromatic nitrogens is 5. The summed E-state index contributed by atoms with van der Waals surface area (Å²) in [7, 11) is 1.62. The van der Waals surface area contributed by atoms with E-state index in [1.165, 1.54) is 0 Å². The Morgan fingerprint density at radius 2 is 1.82 bits per heavy atom. The number of para-hydroxylation sites is 1. The van der Waals surface area contributed by atoms with Crippen LogP contribution in [0.15, 0.2) is 67.1 Å². The lowest BCUT2D eigenvalue weighted by Crippen LogP contribution is -2.21. The molecular formula is C21H17F3N6O3. The molecule has 170 valence electrons. The Morgan fingerprint density at radius 1 is 1.09 bits per heavy atom. The minimum atomic E-state index is -5.08. The van der Waals surface area contributed by atoms with Gasteiger partial charge in [0.1, 0.15) is 11.4 Å². The van der Waals surface area contributed by atoms with Crippen LogP contribution in [0.4, 0.5) is 24.8 Å². The first-order valence-corrected chi connectivity index (χ1v) is 9.26. The van der Waals surface area contributed by atoms with E-state index in [9.17, 15) is 13.2 Å². The lowest BCUT2D eigenvalue weighted by atomic mass is 10.1. The van der Waals surface area contributed by atoms with E-state index in [0.717, 1.165) is 16.8 Å². The summed E-state index contributed by atoms with van der Waals surface area (Å²) in [5, 5.41) is 17.4. The molecule has 33 heavy (non-hydrogen) atoms. The van der Waals surface area contributed by atoms with Gasteiger partial charge in [-0.2, -0.15) is 18.2 Å². The number of carboxylic acid groups (broad SMARTS) is 1. The molecule has 3 heterocycles. The molecule has 0 aliphatic carbocycles. The van der Waals surface area contributed by atoms with E-state index in [0.29, 0.717) is 23.2 Å². The average molecular weight is 458 g/mol. The number of anilines is 2. The fourth-order valence-electron chi connectivity index (χ4n) is 2.51. The van der Waals surface area contributed by atoms with Gasteiger partial charge in [-0.15, -0.1) is 5.10 Å². The van der Waals surface area contributed by atoms with Crippen LogP contribution in [-0.2, 0) is 4.79 Å². The van der Waals surface area contributed by atoms with Crippen LogP contribution in [-0.4, -0.2) is 49.5 Å². The van der Waals surface area contributed by atoms with E-state index in [1.807, 2.05) is 48.5 Å². The molecule has 0 fully saturated rings. The van der Waals surface area contributed by atoms with E-state index in [-0.39, 0.29) is 0 Å². The number of carboxylic acids is 1. The Labute approximate surface area is 185 Å². The monoisotopic (exact) mass is 458 g/mol. The quantitative estimate of drug-likeness (QED) is 0.404. The van der Waals surface area contributed by atoms with Gasteiger partial charge >= 0.3 is 12.1 Å². The number of alkyl halides is 3. The van der Waals surface area contributed by atoms with Crippen molar-refractivity contribution < 1.29 is 27.8 Å². The van der Waals surface area contributed by atoms with Crippen molar-refractivity contribution in [2.45, 2.75) is 6.18 Å². The number of nitrogens with one attached hydrogen (secondary N) is 2. The van der Waals surface area contributed by atoms with Gasteiger partial charge < -0.3 is 15.2 Å². The van der Waals surface area contributed by atoms with Crippen LogP contribution in [0.5, 0.6) is 5.75 Å². The van der Waals surface area contributed by atoms with Gasteiger partial charge in [-0.05, 0) is 35.9 Å². The summed E-state index contributed by atoms with van der Waals surface area (Å²) < 4.78 is 37.0. The molecule has 0 atom stereocenters. The number of methoxy groups -OCH3 is 1. The van der Waals surface area contributed by atoms with E-state index in [4.69, 9.17) is 14.6 Å². The number of H-pyrrole nitrogens is 1. The Hall–Kier alpha value is -4.48. The second-order valence-corrected chi connectivity index (χ2v) is 6.34. The molecule has 0 radical (unpaired) electrons. The number of halogens is 3. The molecular weight excluding hydrogens is 441 g/mol. The van der Waals surface area contributed by atoms with Crippen molar-refractivity contribution in [3.8, 4) is 28.4 Å². The van der Waals surface area contributed by atoms with Crippen molar-refractivity contribution in [1.29, 1.82) is 0 Å². The highest BCUT2D eigenvalue weighted by Crippen LogP contribution is 2.25. The Balaban J connectivity index is 0.000000383. The highest BCUT2D eigenvalue weighted by atomic mass is 19.4. The van der Waals surface area contributed by atoms with Crippen LogP contribution in [0.2, 0.25) is 0 Å². The maximum absolute atomic E-state index is 10.6. The minimum Gasteiger partial charge on any atom is -0.495 e. The van der Waals surface area contributed by atoms with Gasteiger partial charge in [0.05, 0.1) is 13.3 Å². The third kappa shape index (κ3) is 6.50. The van der Waals surface area contributed by atoms with E-state index >= 15 is 0 Å². The smallest absolute Gasteiger partial charge is 0.490 e. The van der Waals surface area contributed by atoms with Gasteiger partial charge in [0, 0.05) is 23.6 Å². The van der Waals surface area contributed by atoms with E-state index in [2.05, 4.69) is 30.5 Å². The van der Waals surface area contributed by atoms with Crippen molar-refractivity contribution in [1.82, 2.24) is 25.1 Å². The lowest BCUT2D eigenvalue weighted by Gasteiger charge is -2.05. The number of pyridine rings is 2. The lowest BCUT2D eigenvalue weighted by molar-refractivity contribution is -0.192. The predicted molar refractivity (Wildman–Crippen MR) is 113 cm³/mol. The number of aliphatic carboxylic acids is 1. The van der Waals surface area contributed by atoms with Gasteiger partial charge in [0.25, 0.3) is 0 Å². The summed E-state index contributed by atoms with van der Waals surface area (Å²) in [6.07, 6.45) is 0.102. The van der Waals surface area contributed by atoms with Crippen molar-refractivity contribution >= 4 is 17.6 Å². The average Bonchev–Trinajstić information content (AvgIpc) is 3.28. The van der Waals surface area contributed by atoms with Gasteiger partial charge in [0.15, 0.2) is 5.82 Å². The van der Waals surface area contributed by atoms with Gasteiger partial charge in [-0.1, -0.05) is 18.2 Å². The number of hydrogen-bond acceptors (Lipinski definition) is 7. The molecule has 3 N–H and O–H groups in total. The molecule has 9 nitrogen and oxygen atoms in total. The topological polar surface area (TPSA) is 126 Å². The van der Waals surface area contributed by atoms with Crippen LogP contribution < -0.4 is 10.1 Å². The second kappa shape index (κ2) is 10.2.